The van der Waals surface area contributed by atoms with Gasteiger partial charge in [-0.15, -0.1) is 0 Å². The second-order valence-electron chi connectivity index (χ2n) is 4.96. The maximum absolute atomic E-state index is 5.90. The minimum Gasteiger partial charge on any atom is -0.377 e. The molecule has 0 aliphatic heterocycles. The van der Waals surface area contributed by atoms with Gasteiger partial charge in [0, 0.05) is 18.6 Å². The third-order valence-corrected chi connectivity index (χ3v) is 3.27. The maximum atomic E-state index is 5.90. The summed E-state index contributed by atoms with van der Waals surface area (Å²) in [4.78, 5) is 2.47. The van der Waals surface area contributed by atoms with Gasteiger partial charge in [-0.2, -0.15) is 0 Å². The van der Waals surface area contributed by atoms with Crippen LogP contribution in [-0.2, 0) is 4.74 Å². The normalized spacial score (nSPS) is 15.8. The van der Waals surface area contributed by atoms with Crippen molar-refractivity contribution in [2.24, 2.45) is 5.73 Å². The highest BCUT2D eigenvalue weighted by Gasteiger charge is 2.27. The fourth-order valence-corrected chi connectivity index (χ4v) is 1.82. The lowest BCUT2D eigenvalue weighted by atomic mass is 9.96. The van der Waals surface area contributed by atoms with Crippen molar-refractivity contribution < 1.29 is 4.74 Å². The van der Waals surface area contributed by atoms with Crippen LogP contribution in [0.25, 0.3) is 0 Å². The van der Waals surface area contributed by atoms with E-state index in [9.17, 15) is 0 Å². The quantitative estimate of drug-likeness (QED) is 0.660. The predicted octanol–water partition coefficient (Wildman–Crippen LogP) is 2.25. The molecular weight excluding hydrogens is 200 g/mol. The SMILES string of the molecule is CCCN(CCOC(C)C)C(C)(CC)CN. The zero-order valence-electron chi connectivity index (χ0n) is 11.8. The van der Waals surface area contributed by atoms with Crippen molar-refractivity contribution in [1.82, 2.24) is 4.90 Å². The van der Waals surface area contributed by atoms with E-state index in [1.54, 1.807) is 0 Å². The van der Waals surface area contributed by atoms with Gasteiger partial charge in [0.15, 0.2) is 0 Å². The van der Waals surface area contributed by atoms with Crippen molar-refractivity contribution >= 4 is 0 Å². The van der Waals surface area contributed by atoms with Crippen LogP contribution < -0.4 is 5.73 Å². The van der Waals surface area contributed by atoms with Crippen LogP contribution >= 0.6 is 0 Å². The van der Waals surface area contributed by atoms with Crippen LogP contribution in [0, 0.1) is 0 Å². The minimum absolute atomic E-state index is 0.121. The molecule has 0 saturated heterocycles. The minimum atomic E-state index is 0.121. The fraction of sp³-hybridized carbons (Fsp3) is 1.00. The number of nitrogens with zero attached hydrogens (tertiary/aromatic N) is 1. The molecule has 1 atom stereocenters. The molecule has 0 heterocycles. The van der Waals surface area contributed by atoms with Crippen LogP contribution in [0.15, 0.2) is 0 Å². The van der Waals surface area contributed by atoms with Gasteiger partial charge in [-0.1, -0.05) is 13.8 Å². The zero-order chi connectivity index (χ0) is 12.6. The van der Waals surface area contributed by atoms with Crippen LogP contribution in [-0.4, -0.2) is 42.8 Å². The maximum Gasteiger partial charge on any atom is 0.0597 e. The number of hydrogen-bond donors (Lipinski definition) is 1. The summed E-state index contributed by atoms with van der Waals surface area (Å²) in [6.45, 7) is 14.4. The molecule has 16 heavy (non-hydrogen) atoms. The van der Waals surface area contributed by atoms with Crippen LogP contribution in [0.5, 0.6) is 0 Å². The summed E-state index contributed by atoms with van der Waals surface area (Å²) >= 11 is 0. The second-order valence-corrected chi connectivity index (χ2v) is 4.96. The van der Waals surface area contributed by atoms with Gasteiger partial charge in [-0.05, 0) is 40.2 Å². The summed E-state index contributed by atoms with van der Waals surface area (Å²) in [5.74, 6) is 0. The lowest BCUT2D eigenvalue weighted by Gasteiger charge is -2.40. The number of rotatable bonds is 9. The first-order valence-corrected chi connectivity index (χ1v) is 6.56. The highest BCUT2D eigenvalue weighted by Crippen LogP contribution is 2.18. The number of ether oxygens (including phenoxy) is 1. The Balaban J connectivity index is 4.24. The van der Waals surface area contributed by atoms with Gasteiger partial charge in [0.1, 0.15) is 0 Å². The lowest BCUT2D eigenvalue weighted by molar-refractivity contribution is 0.0264. The van der Waals surface area contributed by atoms with Gasteiger partial charge in [-0.3, -0.25) is 4.90 Å². The standard InChI is InChI=1S/C13H30N2O/c1-6-8-15(9-10-16-12(3)4)13(5,7-2)11-14/h12H,6-11,14H2,1-5H3. The molecule has 0 bridgehead atoms. The monoisotopic (exact) mass is 230 g/mol. The van der Waals surface area contributed by atoms with Crippen LogP contribution in [0.3, 0.4) is 0 Å². The molecule has 1 unspecified atom stereocenters. The summed E-state index contributed by atoms with van der Waals surface area (Å²) in [6.07, 6.45) is 2.57. The third kappa shape index (κ3) is 5.28. The Labute approximate surface area is 101 Å². The van der Waals surface area contributed by atoms with E-state index >= 15 is 0 Å². The van der Waals surface area contributed by atoms with Crippen molar-refractivity contribution in [3.63, 3.8) is 0 Å². The molecule has 3 heteroatoms. The van der Waals surface area contributed by atoms with Crippen molar-refractivity contribution in [2.75, 3.05) is 26.2 Å². The first kappa shape index (κ1) is 15.9. The van der Waals surface area contributed by atoms with Gasteiger partial charge in [-0.25, -0.2) is 0 Å². The molecule has 0 rings (SSSR count). The van der Waals surface area contributed by atoms with E-state index in [1.165, 1.54) is 0 Å². The Bertz CT molecular complexity index is 167. The predicted molar refractivity (Wildman–Crippen MR) is 70.7 cm³/mol. The largest absolute Gasteiger partial charge is 0.377 e. The summed E-state index contributed by atoms with van der Waals surface area (Å²) in [5, 5.41) is 0. The molecule has 0 aliphatic rings. The molecule has 0 spiro atoms. The first-order valence-electron chi connectivity index (χ1n) is 6.56. The molecule has 0 saturated carbocycles. The van der Waals surface area contributed by atoms with E-state index in [1.807, 2.05) is 0 Å². The van der Waals surface area contributed by atoms with Gasteiger partial charge in [0.25, 0.3) is 0 Å². The van der Waals surface area contributed by atoms with E-state index in [2.05, 4.69) is 39.5 Å². The molecule has 0 aromatic rings. The van der Waals surface area contributed by atoms with Gasteiger partial charge in [0.05, 0.1) is 12.7 Å². The lowest BCUT2D eigenvalue weighted by Crippen LogP contribution is -2.52. The topological polar surface area (TPSA) is 38.5 Å². The van der Waals surface area contributed by atoms with Crippen LogP contribution in [0.1, 0.15) is 47.5 Å². The van der Waals surface area contributed by atoms with Crippen molar-refractivity contribution in [1.29, 1.82) is 0 Å². The third-order valence-electron chi connectivity index (χ3n) is 3.27. The highest BCUT2D eigenvalue weighted by atomic mass is 16.5. The zero-order valence-corrected chi connectivity index (χ0v) is 11.8. The molecule has 3 nitrogen and oxygen atoms in total. The van der Waals surface area contributed by atoms with E-state index < -0.39 is 0 Å². The Morgan fingerprint density at radius 3 is 2.25 bits per heavy atom. The summed E-state index contributed by atoms with van der Waals surface area (Å²) < 4.78 is 5.62. The van der Waals surface area contributed by atoms with E-state index in [0.717, 1.165) is 32.5 Å². The average molecular weight is 230 g/mol. The van der Waals surface area contributed by atoms with Crippen molar-refractivity contribution in [3.8, 4) is 0 Å². The van der Waals surface area contributed by atoms with Crippen molar-refractivity contribution in [2.45, 2.75) is 59.1 Å². The first-order chi connectivity index (χ1) is 7.50. The molecule has 98 valence electrons. The molecule has 0 aliphatic carbocycles. The van der Waals surface area contributed by atoms with E-state index in [0.29, 0.717) is 12.6 Å². The molecular formula is C13H30N2O. The highest BCUT2D eigenvalue weighted by molar-refractivity contribution is 4.85. The van der Waals surface area contributed by atoms with Gasteiger partial charge in [0.2, 0.25) is 0 Å². The summed E-state index contributed by atoms with van der Waals surface area (Å²) in [7, 11) is 0. The molecule has 0 amide bonds. The summed E-state index contributed by atoms with van der Waals surface area (Å²) in [6, 6.07) is 0. The van der Waals surface area contributed by atoms with Crippen molar-refractivity contribution in [3.05, 3.63) is 0 Å². The van der Waals surface area contributed by atoms with Crippen LogP contribution in [0.4, 0.5) is 0 Å². The average Bonchev–Trinajstić information content (AvgIpc) is 2.26. The van der Waals surface area contributed by atoms with Gasteiger partial charge >= 0.3 is 0 Å². The Kier molecular flexibility index (Phi) is 7.98. The number of hydrogen-bond acceptors (Lipinski definition) is 3. The van der Waals surface area contributed by atoms with Crippen LogP contribution in [0.2, 0.25) is 0 Å². The Morgan fingerprint density at radius 1 is 1.25 bits per heavy atom. The molecule has 0 aromatic heterocycles. The smallest absolute Gasteiger partial charge is 0.0597 e. The molecule has 0 fully saturated rings. The van der Waals surface area contributed by atoms with Gasteiger partial charge < -0.3 is 10.5 Å². The fourth-order valence-electron chi connectivity index (χ4n) is 1.82. The number of nitrogens with two attached hydrogens (primary N) is 1. The molecule has 0 radical (unpaired) electrons. The Hall–Kier alpha value is -0.120. The second kappa shape index (κ2) is 8.04. The summed E-state index contributed by atoms with van der Waals surface area (Å²) in [5.41, 5.74) is 6.02. The molecule has 2 N–H and O–H groups in total. The van der Waals surface area contributed by atoms with E-state index in [4.69, 9.17) is 10.5 Å². The molecule has 0 aromatic carbocycles. The van der Waals surface area contributed by atoms with E-state index in [-0.39, 0.29) is 5.54 Å². The Morgan fingerprint density at radius 2 is 1.88 bits per heavy atom.